The van der Waals surface area contributed by atoms with Crippen LogP contribution in [0, 0.1) is 11.8 Å². The highest BCUT2D eigenvalue weighted by Gasteiger charge is 2.11. The van der Waals surface area contributed by atoms with Crippen LogP contribution in [0.1, 0.15) is 13.8 Å². The zero-order valence-electron chi connectivity index (χ0n) is 5.42. The van der Waals surface area contributed by atoms with Crippen molar-refractivity contribution >= 4 is 0 Å². The maximum atomic E-state index is 5.07. The van der Waals surface area contributed by atoms with Crippen LogP contribution in [0.3, 0.4) is 0 Å². The number of allylic oxidation sites excluding steroid dienone is 1. The van der Waals surface area contributed by atoms with Gasteiger partial charge in [0.25, 0.3) is 0 Å². The van der Waals surface area contributed by atoms with E-state index in [9.17, 15) is 0 Å². The smallest absolute Gasteiger partial charge is 0.0904 e. The standard InChI is InChI=1S/C7H12O/c1-6-3-4-8-5-7(6)2/h3-4,6-7H,5H2,1-2H3/t6?,7-/m0/s1. The molecule has 0 spiro atoms. The molecule has 1 heterocycles. The van der Waals surface area contributed by atoms with Crippen molar-refractivity contribution < 1.29 is 4.74 Å². The molecular weight excluding hydrogens is 100 g/mol. The van der Waals surface area contributed by atoms with Crippen LogP contribution in [-0.2, 0) is 4.74 Å². The van der Waals surface area contributed by atoms with Gasteiger partial charge >= 0.3 is 0 Å². The third-order valence-corrected chi connectivity index (χ3v) is 1.74. The molecule has 1 aliphatic rings. The molecule has 1 unspecified atom stereocenters. The first kappa shape index (κ1) is 5.67. The Balaban J connectivity index is 2.47. The molecule has 1 rings (SSSR count). The Kier molecular flexibility index (Phi) is 1.56. The summed E-state index contributed by atoms with van der Waals surface area (Å²) in [5, 5.41) is 0. The van der Waals surface area contributed by atoms with E-state index in [-0.39, 0.29) is 0 Å². The average molecular weight is 112 g/mol. The number of ether oxygens (including phenoxy) is 1. The van der Waals surface area contributed by atoms with Gasteiger partial charge in [-0.05, 0) is 17.9 Å². The molecule has 2 atom stereocenters. The van der Waals surface area contributed by atoms with E-state index in [0.29, 0.717) is 11.8 Å². The van der Waals surface area contributed by atoms with Gasteiger partial charge in [-0.3, -0.25) is 0 Å². The Hall–Kier alpha value is -0.460. The molecule has 0 aliphatic carbocycles. The van der Waals surface area contributed by atoms with Crippen LogP contribution in [-0.4, -0.2) is 6.61 Å². The van der Waals surface area contributed by atoms with Gasteiger partial charge in [0.2, 0.25) is 0 Å². The Bertz CT molecular complexity index is 96.6. The first-order valence-corrected chi connectivity index (χ1v) is 3.09. The monoisotopic (exact) mass is 112 g/mol. The Morgan fingerprint density at radius 3 is 2.62 bits per heavy atom. The van der Waals surface area contributed by atoms with E-state index in [2.05, 4.69) is 19.9 Å². The summed E-state index contributed by atoms with van der Waals surface area (Å²) in [6.07, 6.45) is 3.90. The number of rotatable bonds is 0. The predicted molar refractivity (Wildman–Crippen MR) is 33.4 cm³/mol. The van der Waals surface area contributed by atoms with Gasteiger partial charge in [-0.2, -0.15) is 0 Å². The minimum Gasteiger partial charge on any atom is -0.501 e. The molecule has 0 bridgehead atoms. The highest BCUT2D eigenvalue weighted by atomic mass is 16.5. The van der Waals surface area contributed by atoms with Gasteiger partial charge < -0.3 is 4.74 Å². The molecule has 0 N–H and O–H groups in total. The molecule has 1 nitrogen and oxygen atoms in total. The van der Waals surface area contributed by atoms with Gasteiger partial charge in [-0.1, -0.05) is 13.8 Å². The maximum Gasteiger partial charge on any atom is 0.0904 e. The van der Waals surface area contributed by atoms with Crippen LogP contribution in [0.5, 0.6) is 0 Å². The summed E-state index contributed by atoms with van der Waals surface area (Å²) in [5.74, 6) is 1.39. The molecule has 0 aromatic heterocycles. The van der Waals surface area contributed by atoms with Crippen LogP contribution in [0.15, 0.2) is 12.3 Å². The lowest BCUT2D eigenvalue weighted by Gasteiger charge is -2.19. The molecule has 0 aromatic rings. The van der Waals surface area contributed by atoms with E-state index in [1.807, 2.05) is 0 Å². The molecule has 1 heteroatoms. The van der Waals surface area contributed by atoms with E-state index in [0.717, 1.165) is 6.61 Å². The number of hydrogen-bond donors (Lipinski definition) is 0. The van der Waals surface area contributed by atoms with E-state index in [1.54, 1.807) is 6.26 Å². The van der Waals surface area contributed by atoms with Crippen molar-refractivity contribution in [3.63, 3.8) is 0 Å². The third-order valence-electron chi connectivity index (χ3n) is 1.74. The second-order valence-corrected chi connectivity index (χ2v) is 2.50. The maximum absolute atomic E-state index is 5.07. The van der Waals surface area contributed by atoms with E-state index >= 15 is 0 Å². The molecule has 0 saturated carbocycles. The summed E-state index contributed by atoms with van der Waals surface area (Å²) in [5.41, 5.74) is 0. The van der Waals surface area contributed by atoms with Crippen LogP contribution in [0.4, 0.5) is 0 Å². The molecule has 0 saturated heterocycles. The van der Waals surface area contributed by atoms with Gasteiger partial charge in [-0.15, -0.1) is 0 Å². The second kappa shape index (κ2) is 2.21. The number of hydrogen-bond acceptors (Lipinski definition) is 1. The minimum absolute atomic E-state index is 0.694. The van der Waals surface area contributed by atoms with Crippen molar-refractivity contribution in [2.24, 2.45) is 11.8 Å². The van der Waals surface area contributed by atoms with E-state index in [1.165, 1.54) is 0 Å². The van der Waals surface area contributed by atoms with Crippen LogP contribution < -0.4 is 0 Å². The lowest BCUT2D eigenvalue weighted by atomic mass is 9.96. The Morgan fingerprint density at radius 1 is 1.50 bits per heavy atom. The van der Waals surface area contributed by atoms with Crippen LogP contribution in [0.2, 0.25) is 0 Å². The van der Waals surface area contributed by atoms with E-state index < -0.39 is 0 Å². The Morgan fingerprint density at radius 2 is 2.25 bits per heavy atom. The van der Waals surface area contributed by atoms with Crippen molar-refractivity contribution in [3.8, 4) is 0 Å². The van der Waals surface area contributed by atoms with E-state index in [4.69, 9.17) is 4.74 Å². The molecule has 1 aliphatic heterocycles. The summed E-state index contributed by atoms with van der Waals surface area (Å²) in [4.78, 5) is 0. The van der Waals surface area contributed by atoms with Crippen molar-refractivity contribution in [3.05, 3.63) is 12.3 Å². The lowest BCUT2D eigenvalue weighted by molar-refractivity contribution is 0.159. The summed E-state index contributed by atoms with van der Waals surface area (Å²) >= 11 is 0. The van der Waals surface area contributed by atoms with Crippen molar-refractivity contribution in [2.45, 2.75) is 13.8 Å². The molecule has 0 amide bonds. The molecule has 0 radical (unpaired) electrons. The van der Waals surface area contributed by atoms with Gasteiger partial charge in [0.05, 0.1) is 12.9 Å². The van der Waals surface area contributed by atoms with Gasteiger partial charge in [-0.25, -0.2) is 0 Å². The topological polar surface area (TPSA) is 9.23 Å². The minimum atomic E-state index is 0.694. The molecule has 0 aromatic carbocycles. The fourth-order valence-corrected chi connectivity index (χ4v) is 0.728. The fraction of sp³-hybridized carbons (Fsp3) is 0.714. The van der Waals surface area contributed by atoms with Crippen molar-refractivity contribution in [1.29, 1.82) is 0 Å². The van der Waals surface area contributed by atoms with Crippen molar-refractivity contribution in [2.75, 3.05) is 6.61 Å². The molecule has 8 heavy (non-hydrogen) atoms. The highest BCUT2D eigenvalue weighted by Crippen LogP contribution is 2.16. The zero-order chi connectivity index (χ0) is 5.98. The summed E-state index contributed by atoms with van der Waals surface area (Å²) < 4.78 is 5.07. The van der Waals surface area contributed by atoms with Gasteiger partial charge in [0, 0.05) is 0 Å². The zero-order valence-corrected chi connectivity index (χ0v) is 5.42. The van der Waals surface area contributed by atoms with Crippen LogP contribution in [0.25, 0.3) is 0 Å². The molecule has 0 fully saturated rings. The second-order valence-electron chi connectivity index (χ2n) is 2.50. The normalized spacial score (nSPS) is 36.8. The fourth-order valence-electron chi connectivity index (χ4n) is 0.728. The van der Waals surface area contributed by atoms with Crippen LogP contribution >= 0.6 is 0 Å². The first-order valence-electron chi connectivity index (χ1n) is 3.09. The van der Waals surface area contributed by atoms with Crippen molar-refractivity contribution in [1.82, 2.24) is 0 Å². The highest BCUT2D eigenvalue weighted by molar-refractivity contribution is 4.87. The SMILES string of the molecule is CC1C=COC[C@@H]1C. The molecular formula is C7H12O. The lowest BCUT2D eigenvalue weighted by Crippen LogP contribution is -2.14. The largest absolute Gasteiger partial charge is 0.501 e. The summed E-state index contributed by atoms with van der Waals surface area (Å²) in [6.45, 7) is 5.30. The first-order chi connectivity index (χ1) is 3.80. The van der Waals surface area contributed by atoms with Gasteiger partial charge in [0.1, 0.15) is 0 Å². The quantitative estimate of drug-likeness (QED) is 0.464. The van der Waals surface area contributed by atoms with Gasteiger partial charge in [0.15, 0.2) is 0 Å². The summed E-state index contributed by atoms with van der Waals surface area (Å²) in [7, 11) is 0. The average Bonchev–Trinajstić information content (AvgIpc) is 1.77. The third kappa shape index (κ3) is 1.03. The predicted octanol–water partition coefficient (Wildman–Crippen LogP) is 1.80. The molecule has 46 valence electrons. The Labute approximate surface area is 50.3 Å². The summed E-state index contributed by atoms with van der Waals surface area (Å²) in [6, 6.07) is 0.